The van der Waals surface area contributed by atoms with Crippen LogP contribution in [0.2, 0.25) is 0 Å². The Hall–Kier alpha value is -2.04. The van der Waals surface area contributed by atoms with Gasteiger partial charge in [-0.2, -0.15) is 5.10 Å². The maximum atomic E-state index is 8.48. The van der Waals surface area contributed by atoms with Gasteiger partial charge in [0.1, 0.15) is 0 Å². The fraction of sp³-hybridized carbons (Fsp3) is 0.308. The fourth-order valence-electron chi connectivity index (χ4n) is 2.34. The van der Waals surface area contributed by atoms with Crippen LogP contribution < -0.4 is 0 Å². The van der Waals surface area contributed by atoms with Crippen molar-refractivity contribution >= 4 is 32.3 Å². The Morgan fingerprint density at radius 3 is 3.16 bits per heavy atom. The first-order valence-electron chi connectivity index (χ1n) is 6.08. The Kier molecular flexibility index (Phi) is 2.89. The Morgan fingerprint density at radius 1 is 1.53 bits per heavy atom. The summed E-state index contributed by atoms with van der Waals surface area (Å²) in [5.74, 6) is 0. The Balaban J connectivity index is 2.19. The molecule has 0 saturated heterocycles. The van der Waals surface area contributed by atoms with Gasteiger partial charge >= 0.3 is 0 Å². The third-order valence-electron chi connectivity index (χ3n) is 3.11. The van der Waals surface area contributed by atoms with Crippen LogP contribution in [0.5, 0.6) is 0 Å². The Morgan fingerprint density at radius 2 is 2.37 bits per heavy atom. The molecule has 0 aliphatic heterocycles. The highest BCUT2D eigenvalue weighted by Gasteiger charge is 2.11. The highest BCUT2D eigenvalue weighted by atomic mass is 32.1. The molecule has 19 heavy (non-hydrogen) atoms. The smallest absolute Gasteiger partial charge is 0.0769 e. The van der Waals surface area contributed by atoms with Crippen molar-refractivity contribution in [3.8, 4) is 0 Å². The molecule has 0 radical (unpaired) electrons. The largest absolute Gasteiger partial charge is 0.264 e. The predicted molar refractivity (Wildman–Crippen MR) is 78.5 cm³/mol. The lowest BCUT2D eigenvalue weighted by Gasteiger charge is -2.07. The van der Waals surface area contributed by atoms with Crippen LogP contribution in [0.15, 0.2) is 29.5 Å². The highest BCUT2D eigenvalue weighted by Crippen LogP contribution is 2.31. The van der Waals surface area contributed by atoms with Crippen LogP contribution in [0.25, 0.3) is 31.4 Å². The summed E-state index contributed by atoms with van der Waals surface area (Å²) in [6, 6.07) is 6.31. The number of aryl methyl sites for hydroxylation is 1. The molecule has 0 unspecified atom stereocenters. The van der Waals surface area contributed by atoms with Crippen LogP contribution in [-0.4, -0.2) is 15.8 Å². The summed E-state index contributed by atoms with van der Waals surface area (Å²) in [4.78, 5) is 4.14. The van der Waals surface area contributed by atoms with E-state index in [1.807, 2.05) is 17.8 Å². The first kappa shape index (κ1) is 12.0. The monoisotopic (exact) mass is 271 g/mol. The molecule has 0 spiro atoms. The first-order chi connectivity index (χ1) is 9.19. The average molecular weight is 271 g/mol. The summed E-state index contributed by atoms with van der Waals surface area (Å²) in [7, 11) is 0. The summed E-state index contributed by atoms with van der Waals surface area (Å²) < 4.78 is 3.20. The van der Waals surface area contributed by atoms with E-state index in [1.165, 1.54) is 15.0 Å². The zero-order valence-corrected chi connectivity index (χ0v) is 11.6. The number of fused-ring (bicyclic) bond motifs is 3. The van der Waals surface area contributed by atoms with Gasteiger partial charge in [-0.15, -0.1) is 11.3 Å². The second-order valence-electron chi connectivity index (χ2n) is 4.65. The van der Waals surface area contributed by atoms with E-state index in [9.17, 15) is 0 Å². The van der Waals surface area contributed by atoms with Gasteiger partial charge in [0.15, 0.2) is 0 Å². The summed E-state index contributed by atoms with van der Waals surface area (Å²) in [6.45, 7) is 4.60. The van der Waals surface area contributed by atoms with Crippen LogP contribution in [0.3, 0.4) is 0 Å². The van der Waals surface area contributed by atoms with Crippen LogP contribution in [-0.2, 0) is 6.54 Å². The van der Waals surface area contributed by atoms with Crippen LogP contribution in [0.4, 0.5) is 0 Å². The molecule has 96 valence electrons. The lowest BCUT2D eigenvalue weighted by molar-refractivity contribution is 0.552. The van der Waals surface area contributed by atoms with Crippen molar-refractivity contribution < 1.29 is 0 Å². The van der Waals surface area contributed by atoms with E-state index in [-0.39, 0.29) is 6.04 Å². The van der Waals surface area contributed by atoms with Gasteiger partial charge in [0.25, 0.3) is 0 Å². The molecule has 0 aliphatic rings. The van der Waals surface area contributed by atoms with E-state index >= 15 is 0 Å². The maximum Gasteiger partial charge on any atom is 0.0769 e. The summed E-state index contributed by atoms with van der Waals surface area (Å²) in [5.41, 5.74) is 9.61. The van der Waals surface area contributed by atoms with Crippen molar-refractivity contribution in [2.75, 3.05) is 0 Å². The van der Waals surface area contributed by atoms with Gasteiger partial charge in [-0.25, -0.2) is 0 Å². The number of benzene rings is 1. The molecular formula is C13H13N5S. The third kappa shape index (κ3) is 2.05. The minimum absolute atomic E-state index is 0.108. The molecule has 1 atom stereocenters. The number of nitrogens with zero attached hydrogens (tertiary/aromatic N) is 5. The van der Waals surface area contributed by atoms with E-state index in [2.05, 4.69) is 40.2 Å². The second-order valence-corrected chi connectivity index (χ2v) is 5.94. The molecule has 1 aromatic carbocycles. The van der Waals surface area contributed by atoms with E-state index in [1.54, 1.807) is 11.3 Å². The minimum Gasteiger partial charge on any atom is -0.264 e. The molecular weight excluding hydrogens is 258 g/mol. The Bertz CT molecular complexity index is 794. The molecule has 6 heteroatoms. The lowest BCUT2D eigenvalue weighted by atomic mass is 10.2. The molecule has 3 rings (SSSR count). The summed E-state index contributed by atoms with van der Waals surface area (Å²) >= 11 is 1.79. The predicted octanol–water partition coefficient (Wildman–Crippen LogP) is 4.26. The molecule has 5 nitrogen and oxygen atoms in total. The van der Waals surface area contributed by atoms with Crippen molar-refractivity contribution in [3.05, 3.63) is 39.7 Å². The van der Waals surface area contributed by atoms with Gasteiger partial charge in [0.2, 0.25) is 0 Å². The van der Waals surface area contributed by atoms with E-state index < -0.39 is 0 Å². The van der Waals surface area contributed by atoms with Crippen LogP contribution in [0, 0.1) is 6.92 Å². The maximum absolute atomic E-state index is 8.48. The van der Waals surface area contributed by atoms with Gasteiger partial charge in [-0.3, -0.25) is 4.68 Å². The van der Waals surface area contributed by atoms with Gasteiger partial charge in [0.05, 0.1) is 17.8 Å². The van der Waals surface area contributed by atoms with E-state index in [4.69, 9.17) is 5.53 Å². The SMILES string of the molecule is Cc1cc2c(ccc3cnn(C[C@H](C)N=[N+]=[N-])c32)s1. The topological polar surface area (TPSA) is 66.6 Å². The molecule has 0 fully saturated rings. The average Bonchev–Trinajstić information content (AvgIpc) is 2.92. The molecule has 0 bridgehead atoms. The van der Waals surface area contributed by atoms with E-state index in [0.29, 0.717) is 6.54 Å². The zero-order chi connectivity index (χ0) is 13.4. The van der Waals surface area contributed by atoms with Crippen molar-refractivity contribution in [2.45, 2.75) is 26.4 Å². The van der Waals surface area contributed by atoms with Crippen molar-refractivity contribution in [1.29, 1.82) is 0 Å². The molecule has 0 N–H and O–H groups in total. The molecule has 0 aliphatic carbocycles. The standard InChI is InChI=1S/C13H13N5S/c1-8(16-17-14)7-18-13-10(6-15-18)3-4-12-11(13)5-9(2)19-12/h3-6,8H,7H2,1-2H3/t8-/m0/s1. The molecule has 2 heterocycles. The number of thiophene rings is 1. The number of aromatic nitrogens is 2. The number of hydrogen-bond acceptors (Lipinski definition) is 3. The van der Waals surface area contributed by atoms with Crippen LogP contribution >= 0.6 is 11.3 Å². The lowest BCUT2D eigenvalue weighted by Crippen LogP contribution is -2.10. The third-order valence-corrected chi connectivity index (χ3v) is 4.12. The first-order valence-corrected chi connectivity index (χ1v) is 6.89. The fourth-order valence-corrected chi connectivity index (χ4v) is 3.26. The highest BCUT2D eigenvalue weighted by molar-refractivity contribution is 7.19. The van der Waals surface area contributed by atoms with Gasteiger partial charge in [0, 0.05) is 31.8 Å². The molecule has 2 aromatic heterocycles. The van der Waals surface area contributed by atoms with Gasteiger partial charge in [-0.1, -0.05) is 12.0 Å². The minimum atomic E-state index is -0.108. The molecule has 0 amide bonds. The van der Waals surface area contributed by atoms with Crippen molar-refractivity contribution in [3.63, 3.8) is 0 Å². The van der Waals surface area contributed by atoms with E-state index in [0.717, 1.165) is 10.9 Å². The van der Waals surface area contributed by atoms with Crippen LogP contribution in [0.1, 0.15) is 11.8 Å². The number of hydrogen-bond donors (Lipinski definition) is 0. The van der Waals surface area contributed by atoms with Gasteiger partial charge < -0.3 is 0 Å². The van der Waals surface area contributed by atoms with Crippen molar-refractivity contribution in [2.24, 2.45) is 5.11 Å². The number of rotatable bonds is 3. The summed E-state index contributed by atoms with van der Waals surface area (Å²) in [5, 5.41) is 10.5. The Labute approximate surface area is 114 Å². The normalized spacial score (nSPS) is 12.7. The van der Waals surface area contributed by atoms with Crippen molar-refractivity contribution in [1.82, 2.24) is 9.78 Å². The zero-order valence-electron chi connectivity index (χ0n) is 10.7. The molecule has 3 aromatic rings. The molecule has 0 saturated carbocycles. The number of azide groups is 1. The quantitative estimate of drug-likeness (QED) is 0.398. The second kappa shape index (κ2) is 4.57. The summed E-state index contributed by atoms with van der Waals surface area (Å²) in [6.07, 6.45) is 1.87. The van der Waals surface area contributed by atoms with Gasteiger partial charge in [-0.05, 0) is 30.7 Å².